The molecule has 0 saturated heterocycles. The van der Waals surface area contributed by atoms with Crippen LogP contribution < -0.4 is 0 Å². The molecule has 0 radical (unpaired) electrons. The molecule has 2 aliphatic rings. The summed E-state index contributed by atoms with van der Waals surface area (Å²) < 4.78 is 5.31. The van der Waals surface area contributed by atoms with Crippen molar-refractivity contribution in [3.8, 4) is 0 Å². The van der Waals surface area contributed by atoms with Crippen molar-refractivity contribution >= 4 is 5.78 Å². The van der Waals surface area contributed by atoms with Crippen LogP contribution in [0.5, 0.6) is 0 Å². The van der Waals surface area contributed by atoms with Gasteiger partial charge in [-0.05, 0) is 24.8 Å². The Morgan fingerprint density at radius 1 is 1.55 bits per heavy atom. The van der Waals surface area contributed by atoms with Crippen LogP contribution in [0.4, 0.5) is 0 Å². The summed E-state index contributed by atoms with van der Waals surface area (Å²) in [6.07, 6.45) is 3.10. The fourth-order valence-corrected chi connectivity index (χ4v) is 1.80. The highest BCUT2D eigenvalue weighted by Crippen LogP contribution is 2.34. The van der Waals surface area contributed by atoms with E-state index in [0.29, 0.717) is 5.76 Å². The van der Waals surface area contributed by atoms with Crippen molar-refractivity contribution in [2.75, 3.05) is 6.61 Å². The number of Topliss-reactive ketones (excluding diaryl/α,β-unsaturated/α-hetero) is 1. The molecule has 0 spiro atoms. The minimum atomic E-state index is 0.179. The van der Waals surface area contributed by atoms with Crippen LogP contribution in [0, 0.1) is 5.92 Å². The van der Waals surface area contributed by atoms with E-state index in [-0.39, 0.29) is 11.7 Å². The first-order valence-electron chi connectivity index (χ1n) is 4.18. The normalized spacial score (nSPS) is 30.3. The topological polar surface area (TPSA) is 26.3 Å². The van der Waals surface area contributed by atoms with Gasteiger partial charge in [0.05, 0.1) is 6.61 Å². The summed E-state index contributed by atoms with van der Waals surface area (Å²) >= 11 is 0. The lowest BCUT2D eigenvalue weighted by molar-refractivity contribution is -0.121. The molecule has 0 aromatic heterocycles. The van der Waals surface area contributed by atoms with Crippen molar-refractivity contribution in [1.29, 1.82) is 0 Å². The van der Waals surface area contributed by atoms with Crippen LogP contribution in [0.3, 0.4) is 0 Å². The zero-order chi connectivity index (χ0) is 7.84. The van der Waals surface area contributed by atoms with Gasteiger partial charge in [-0.1, -0.05) is 6.92 Å². The molecule has 0 aromatic carbocycles. The molecule has 0 fully saturated rings. The van der Waals surface area contributed by atoms with Gasteiger partial charge in [0, 0.05) is 5.92 Å². The van der Waals surface area contributed by atoms with Gasteiger partial charge in [-0.15, -0.1) is 0 Å². The molecule has 1 heterocycles. The number of hydrogen-bond acceptors (Lipinski definition) is 2. The Balaban J connectivity index is 2.27. The quantitative estimate of drug-likeness (QED) is 0.527. The number of rotatable bonds is 0. The lowest BCUT2D eigenvalue weighted by atomic mass is 10.1. The summed E-state index contributed by atoms with van der Waals surface area (Å²) in [5, 5.41) is 0. The molecule has 0 N–H and O–H groups in total. The largest absolute Gasteiger partial charge is 0.490 e. The van der Waals surface area contributed by atoms with Crippen LogP contribution in [0.1, 0.15) is 26.2 Å². The zero-order valence-corrected chi connectivity index (χ0v) is 6.72. The molecule has 11 heavy (non-hydrogen) atoms. The molecule has 1 atom stereocenters. The standard InChI is InChI=1S/C9H12O2/c1-6-5-7-3-2-4-11-9(7)8(6)10/h6H,2-5H2,1H3/t6-/m0/s1. The molecule has 0 unspecified atom stereocenters. The van der Waals surface area contributed by atoms with Gasteiger partial charge in [-0.25, -0.2) is 0 Å². The van der Waals surface area contributed by atoms with E-state index < -0.39 is 0 Å². The second-order valence-corrected chi connectivity index (χ2v) is 3.35. The Morgan fingerprint density at radius 3 is 3.09 bits per heavy atom. The summed E-state index contributed by atoms with van der Waals surface area (Å²) in [6, 6.07) is 0. The Hall–Kier alpha value is -0.790. The number of carbonyl (C=O) groups is 1. The van der Waals surface area contributed by atoms with Crippen LogP contribution in [0.25, 0.3) is 0 Å². The summed E-state index contributed by atoms with van der Waals surface area (Å²) in [5.74, 6) is 1.10. The third-order valence-corrected chi connectivity index (χ3v) is 2.41. The number of allylic oxidation sites excluding steroid dienone is 2. The molecule has 2 rings (SSSR count). The maximum atomic E-state index is 11.4. The van der Waals surface area contributed by atoms with E-state index in [1.54, 1.807) is 0 Å². The van der Waals surface area contributed by atoms with Crippen LogP contribution in [-0.2, 0) is 9.53 Å². The molecule has 0 amide bonds. The lowest BCUT2D eigenvalue weighted by Gasteiger charge is -2.13. The minimum Gasteiger partial charge on any atom is -0.490 e. The van der Waals surface area contributed by atoms with Crippen LogP contribution in [-0.4, -0.2) is 12.4 Å². The second kappa shape index (κ2) is 2.36. The third kappa shape index (κ3) is 0.971. The summed E-state index contributed by atoms with van der Waals surface area (Å²) in [6.45, 7) is 2.71. The van der Waals surface area contributed by atoms with E-state index in [0.717, 1.165) is 25.9 Å². The summed E-state index contributed by atoms with van der Waals surface area (Å²) in [4.78, 5) is 11.4. The van der Waals surface area contributed by atoms with Crippen LogP contribution in [0.15, 0.2) is 11.3 Å². The number of ketones is 1. The average Bonchev–Trinajstić information content (AvgIpc) is 2.30. The highest BCUT2D eigenvalue weighted by atomic mass is 16.5. The molecule has 2 nitrogen and oxygen atoms in total. The van der Waals surface area contributed by atoms with Gasteiger partial charge in [0.1, 0.15) is 0 Å². The van der Waals surface area contributed by atoms with Crippen molar-refractivity contribution < 1.29 is 9.53 Å². The van der Waals surface area contributed by atoms with Gasteiger partial charge in [-0.3, -0.25) is 4.79 Å². The van der Waals surface area contributed by atoms with E-state index >= 15 is 0 Å². The molecule has 0 bridgehead atoms. The smallest absolute Gasteiger partial charge is 0.200 e. The molecule has 2 heteroatoms. The van der Waals surface area contributed by atoms with Crippen molar-refractivity contribution in [3.63, 3.8) is 0 Å². The fraction of sp³-hybridized carbons (Fsp3) is 0.667. The monoisotopic (exact) mass is 152 g/mol. The number of carbonyl (C=O) groups excluding carboxylic acids is 1. The predicted octanol–water partition coefficient (Wildman–Crippen LogP) is 1.66. The van der Waals surface area contributed by atoms with E-state index in [4.69, 9.17) is 4.74 Å². The Kier molecular flexibility index (Phi) is 1.48. The maximum absolute atomic E-state index is 11.4. The lowest BCUT2D eigenvalue weighted by Crippen LogP contribution is -2.10. The average molecular weight is 152 g/mol. The molecule has 1 aliphatic heterocycles. The summed E-state index contributed by atoms with van der Waals surface area (Å²) in [7, 11) is 0. The highest BCUT2D eigenvalue weighted by molar-refractivity contribution is 5.98. The van der Waals surface area contributed by atoms with Crippen molar-refractivity contribution in [3.05, 3.63) is 11.3 Å². The molecule has 0 aromatic rings. The minimum absolute atomic E-state index is 0.179. The van der Waals surface area contributed by atoms with Gasteiger partial charge >= 0.3 is 0 Å². The summed E-state index contributed by atoms with van der Waals surface area (Å²) in [5.41, 5.74) is 1.26. The molecule has 1 aliphatic carbocycles. The van der Waals surface area contributed by atoms with E-state index in [1.807, 2.05) is 6.92 Å². The molecular weight excluding hydrogens is 140 g/mol. The van der Waals surface area contributed by atoms with E-state index in [1.165, 1.54) is 5.57 Å². The highest BCUT2D eigenvalue weighted by Gasteiger charge is 2.32. The van der Waals surface area contributed by atoms with Gasteiger partial charge in [0.25, 0.3) is 0 Å². The fourth-order valence-electron chi connectivity index (χ4n) is 1.80. The third-order valence-electron chi connectivity index (χ3n) is 2.41. The SMILES string of the molecule is C[C@H]1CC2=C(OCCC2)C1=O. The molecular formula is C9H12O2. The zero-order valence-electron chi connectivity index (χ0n) is 6.72. The van der Waals surface area contributed by atoms with Gasteiger partial charge in [-0.2, -0.15) is 0 Å². The maximum Gasteiger partial charge on any atom is 0.200 e. The Morgan fingerprint density at radius 2 is 2.36 bits per heavy atom. The predicted molar refractivity (Wildman–Crippen MR) is 41.0 cm³/mol. The Bertz CT molecular complexity index is 228. The first-order chi connectivity index (χ1) is 5.29. The second-order valence-electron chi connectivity index (χ2n) is 3.35. The van der Waals surface area contributed by atoms with Crippen LogP contribution >= 0.6 is 0 Å². The first-order valence-corrected chi connectivity index (χ1v) is 4.18. The van der Waals surface area contributed by atoms with Gasteiger partial charge in [0.2, 0.25) is 0 Å². The molecule has 0 saturated carbocycles. The van der Waals surface area contributed by atoms with Crippen molar-refractivity contribution in [2.45, 2.75) is 26.2 Å². The van der Waals surface area contributed by atoms with Gasteiger partial charge in [0.15, 0.2) is 11.5 Å². The number of hydrogen-bond donors (Lipinski definition) is 0. The van der Waals surface area contributed by atoms with Gasteiger partial charge < -0.3 is 4.74 Å². The van der Waals surface area contributed by atoms with Crippen molar-refractivity contribution in [1.82, 2.24) is 0 Å². The first kappa shape index (κ1) is 6.89. The number of ether oxygens (including phenoxy) is 1. The van der Waals surface area contributed by atoms with E-state index in [9.17, 15) is 4.79 Å². The Labute approximate surface area is 66.2 Å². The van der Waals surface area contributed by atoms with Crippen molar-refractivity contribution in [2.24, 2.45) is 5.92 Å². The molecule has 60 valence electrons. The van der Waals surface area contributed by atoms with E-state index in [2.05, 4.69) is 0 Å². The van der Waals surface area contributed by atoms with Crippen LogP contribution in [0.2, 0.25) is 0 Å².